The van der Waals surface area contributed by atoms with E-state index in [1.807, 2.05) is 0 Å². The molecule has 0 spiro atoms. The van der Waals surface area contributed by atoms with Crippen LogP contribution < -0.4 is 0 Å². The zero-order chi connectivity index (χ0) is 13.5. The van der Waals surface area contributed by atoms with Gasteiger partial charge in [0.1, 0.15) is 0 Å². The third-order valence-electron chi connectivity index (χ3n) is 0. The Morgan fingerprint density at radius 3 is 0.600 bits per heavy atom. The van der Waals surface area contributed by atoms with E-state index < -0.39 is 28.6 Å². The molecule has 0 aromatic heterocycles. The van der Waals surface area contributed by atoms with E-state index in [1.54, 1.807) is 0 Å². The Balaban J connectivity index is -0.0000000160. The predicted octanol–water partition coefficient (Wildman–Crippen LogP) is -6.55. The minimum atomic E-state index is -4.67. The molecular formula is H16Ca4NaO12PS2. The van der Waals surface area contributed by atoms with E-state index in [0.717, 1.165) is 0 Å². The summed E-state index contributed by atoms with van der Waals surface area (Å²) < 4.78 is 72.0. The van der Waals surface area contributed by atoms with Crippen molar-refractivity contribution in [2.24, 2.45) is 0 Å². The van der Waals surface area contributed by atoms with Crippen LogP contribution in [0.3, 0.4) is 0 Å². The number of hydrogen-bond donors (Lipinski definition) is 7. The van der Waals surface area contributed by atoms with Crippen LogP contribution in [0.5, 0.6) is 0 Å². The molecule has 0 aliphatic carbocycles. The molecule has 7 N–H and O–H groups in total. The molecule has 12 nitrogen and oxygen atoms in total. The van der Waals surface area contributed by atoms with Gasteiger partial charge in [0.05, 0.1) is 0 Å². The fourth-order valence-corrected chi connectivity index (χ4v) is 0. The molecule has 114 valence electrons. The molecule has 0 aliphatic rings. The Hall–Kier alpha value is 5.89. The first-order valence-corrected chi connectivity index (χ1v) is 6.54. The van der Waals surface area contributed by atoms with Crippen LogP contribution in [0.1, 0.15) is 0 Å². The van der Waals surface area contributed by atoms with Gasteiger partial charge in [-0.15, -0.1) is 0 Å². The van der Waals surface area contributed by atoms with Crippen molar-refractivity contribution in [3.05, 3.63) is 0 Å². The zero-order valence-electron chi connectivity index (χ0n) is 6.44. The van der Waals surface area contributed by atoms with Crippen LogP contribution in [0.15, 0.2) is 0 Å². The molecule has 0 aromatic carbocycles. The Morgan fingerprint density at radius 1 is 0.600 bits per heavy atom. The van der Waals surface area contributed by atoms with E-state index in [1.165, 1.54) is 0 Å². The van der Waals surface area contributed by atoms with Crippen LogP contribution in [-0.4, -0.2) is 230 Å². The van der Waals surface area contributed by atoms with Gasteiger partial charge in [0, 0.05) is 0 Å². The van der Waals surface area contributed by atoms with Gasteiger partial charge >= 0.3 is 209 Å². The van der Waals surface area contributed by atoms with E-state index in [-0.39, 0.29) is 181 Å². The van der Waals surface area contributed by atoms with Crippen LogP contribution in [0.2, 0.25) is 0 Å². The first-order valence-electron chi connectivity index (χ1n) is 2.18. The summed E-state index contributed by atoms with van der Waals surface area (Å²) in [5, 5.41) is 0. The summed E-state index contributed by atoms with van der Waals surface area (Å²) in [5.41, 5.74) is 0. The van der Waals surface area contributed by atoms with Crippen LogP contribution in [0.25, 0.3) is 0 Å². The van der Waals surface area contributed by atoms with Gasteiger partial charge in [0.15, 0.2) is 0 Å². The van der Waals surface area contributed by atoms with Gasteiger partial charge in [-0.25, -0.2) is 4.57 Å². The van der Waals surface area contributed by atoms with Crippen molar-refractivity contribution < 1.29 is 54.3 Å². The van der Waals surface area contributed by atoms with Gasteiger partial charge in [0.25, 0.3) is 0 Å². The zero-order valence-corrected chi connectivity index (χ0v) is 8.96. The van der Waals surface area contributed by atoms with E-state index in [2.05, 4.69) is 0 Å². The fraction of sp³-hybridized carbons (Fsp3) is 0. The van der Waals surface area contributed by atoms with Crippen molar-refractivity contribution in [2.75, 3.05) is 0 Å². The number of rotatable bonds is 0. The monoisotopic (exact) mass is 486 g/mol. The third kappa shape index (κ3) is 361. The SMILES string of the molecule is O=P(O)(O)O.O=S(=O)(O)O.O=S(=O)(O)O.[CaH2].[CaH2].[CaH2].[CaH2].[NaH]. The first-order chi connectivity index (χ1) is 6.00. The van der Waals surface area contributed by atoms with Gasteiger partial charge in [-0.2, -0.15) is 16.8 Å². The van der Waals surface area contributed by atoms with Crippen molar-refractivity contribution in [3.8, 4) is 0 Å². The summed E-state index contributed by atoms with van der Waals surface area (Å²) >= 11 is 0. The second kappa shape index (κ2) is 24.9. The van der Waals surface area contributed by atoms with Crippen molar-refractivity contribution in [1.29, 1.82) is 0 Å². The predicted molar refractivity (Wildman–Crippen MR) is 83.9 cm³/mol. The maximum atomic E-state index is 8.88. The van der Waals surface area contributed by atoms with Crippen molar-refractivity contribution in [2.45, 2.75) is 0 Å². The molecule has 0 saturated heterocycles. The molecule has 0 rings (SSSR count). The number of hydrogen-bond acceptors (Lipinski definition) is 5. The summed E-state index contributed by atoms with van der Waals surface area (Å²) in [4.78, 5) is 21.6. The fourth-order valence-electron chi connectivity index (χ4n) is 0. The molecule has 0 saturated carbocycles. The molecule has 20 heteroatoms. The molecule has 0 amide bonds. The molecule has 0 radical (unpaired) electrons. The molecule has 0 aromatic rings. The molecule has 0 fully saturated rings. The van der Waals surface area contributed by atoms with Crippen molar-refractivity contribution >= 4 is 209 Å². The Morgan fingerprint density at radius 2 is 0.600 bits per heavy atom. The van der Waals surface area contributed by atoms with Crippen molar-refractivity contribution in [1.82, 2.24) is 0 Å². The van der Waals surface area contributed by atoms with Gasteiger partial charge < -0.3 is 14.7 Å². The summed E-state index contributed by atoms with van der Waals surface area (Å²) in [6.45, 7) is 0. The Labute approximate surface area is 256 Å². The van der Waals surface area contributed by atoms with Crippen LogP contribution >= 0.6 is 7.82 Å². The normalized spacial score (nSPS) is 8.75. The standard InChI is InChI=1S/4Ca.Na.H3O4P.2H2O4S.9H/c;;;;;3*1-5(2,3)4;;;;;;;;;/h;;;;;(H3,1,2,3,4);2*(H2,1,2,3,4);;;;;;;;;. The Kier molecular flexibility index (Phi) is 62.4. The quantitative estimate of drug-likeness (QED) is 0.0963. The summed E-state index contributed by atoms with van der Waals surface area (Å²) in [5.74, 6) is 0. The topological polar surface area (TPSA) is 227 Å². The van der Waals surface area contributed by atoms with Crippen LogP contribution in [0, 0.1) is 0 Å². The molecule has 0 aliphatic heterocycles. The van der Waals surface area contributed by atoms with E-state index >= 15 is 0 Å². The van der Waals surface area contributed by atoms with Gasteiger partial charge in [-0.05, 0) is 0 Å². The van der Waals surface area contributed by atoms with Crippen LogP contribution in [0.4, 0.5) is 0 Å². The Bertz CT molecular complexity index is 341. The van der Waals surface area contributed by atoms with Crippen molar-refractivity contribution in [3.63, 3.8) is 0 Å². The van der Waals surface area contributed by atoms with E-state index in [9.17, 15) is 0 Å². The average Bonchev–Trinajstić information content (AvgIpc) is 1.41. The molecule has 0 atom stereocenters. The van der Waals surface area contributed by atoms with E-state index in [0.29, 0.717) is 0 Å². The average molecular weight is 487 g/mol. The van der Waals surface area contributed by atoms with Crippen LogP contribution in [-0.2, 0) is 25.4 Å². The molecule has 0 unspecified atom stereocenters. The minimum absolute atomic E-state index is 0. The van der Waals surface area contributed by atoms with Gasteiger partial charge in [0.2, 0.25) is 0 Å². The molecule has 0 heterocycles. The molecule has 0 bridgehead atoms. The summed E-state index contributed by atoms with van der Waals surface area (Å²) in [7, 11) is -14.0. The second-order valence-electron chi connectivity index (χ2n) is 1.41. The summed E-state index contributed by atoms with van der Waals surface area (Å²) in [6.07, 6.45) is 0. The maximum absolute atomic E-state index is 8.88. The second-order valence-corrected chi connectivity index (χ2v) is 4.23. The third-order valence-corrected chi connectivity index (χ3v) is 0. The van der Waals surface area contributed by atoms with Gasteiger partial charge in [-0.3, -0.25) is 18.2 Å². The van der Waals surface area contributed by atoms with E-state index in [4.69, 9.17) is 54.3 Å². The molecule has 20 heavy (non-hydrogen) atoms. The molecular weight excluding hydrogens is 470 g/mol. The van der Waals surface area contributed by atoms with Gasteiger partial charge in [-0.1, -0.05) is 0 Å². The number of phosphoric acid groups is 1. The first kappa shape index (κ1) is 50.1. The summed E-state index contributed by atoms with van der Waals surface area (Å²) in [6, 6.07) is 0.